The standard InChI is InChI=1S/C20H27N3O4S/c1-28(26,27)16-9-7-14(8-10-16)18-13-17(19(24)11-12-20(21)25)22-23(18)15-5-3-2-4-6-15/h7-10,13,15,19,24H,2-6,11-12H2,1H3,(H2,21,25). The van der Waals surface area contributed by atoms with Crippen LogP contribution < -0.4 is 5.73 Å². The molecule has 152 valence electrons. The van der Waals surface area contributed by atoms with E-state index in [2.05, 4.69) is 5.10 Å². The predicted molar refractivity (Wildman–Crippen MR) is 106 cm³/mol. The van der Waals surface area contributed by atoms with Crippen molar-refractivity contribution in [1.29, 1.82) is 0 Å². The molecule has 3 N–H and O–H groups in total. The molecule has 1 heterocycles. The van der Waals surface area contributed by atoms with Gasteiger partial charge in [0.15, 0.2) is 9.84 Å². The van der Waals surface area contributed by atoms with Gasteiger partial charge in [-0.3, -0.25) is 9.48 Å². The zero-order valence-electron chi connectivity index (χ0n) is 16.0. The fourth-order valence-corrected chi connectivity index (χ4v) is 4.33. The maximum Gasteiger partial charge on any atom is 0.217 e. The Kier molecular flexibility index (Phi) is 6.20. The minimum absolute atomic E-state index is 0.0931. The van der Waals surface area contributed by atoms with Crippen LogP contribution in [0, 0.1) is 0 Å². The summed E-state index contributed by atoms with van der Waals surface area (Å²) in [7, 11) is -3.26. The fraction of sp³-hybridized carbons (Fsp3) is 0.500. The third-order valence-electron chi connectivity index (χ3n) is 5.26. The van der Waals surface area contributed by atoms with Crippen LogP contribution in [0.1, 0.15) is 62.8 Å². The first-order chi connectivity index (χ1) is 13.3. The molecule has 8 heteroatoms. The van der Waals surface area contributed by atoms with Gasteiger partial charge in [-0.05, 0) is 43.0 Å². The Morgan fingerprint density at radius 1 is 1.25 bits per heavy atom. The van der Waals surface area contributed by atoms with Crippen LogP contribution in [0.3, 0.4) is 0 Å². The van der Waals surface area contributed by atoms with Crippen LogP contribution in [0.4, 0.5) is 0 Å². The van der Waals surface area contributed by atoms with Crippen molar-refractivity contribution in [1.82, 2.24) is 9.78 Å². The maximum atomic E-state index is 11.7. The number of primary amides is 1. The van der Waals surface area contributed by atoms with Crippen molar-refractivity contribution in [2.24, 2.45) is 5.73 Å². The van der Waals surface area contributed by atoms with E-state index < -0.39 is 21.8 Å². The molecule has 1 amide bonds. The molecule has 1 aliphatic rings. The second-order valence-corrected chi connectivity index (χ2v) is 9.52. The van der Waals surface area contributed by atoms with Crippen molar-refractivity contribution in [3.05, 3.63) is 36.0 Å². The number of carbonyl (C=O) groups excluding carboxylic acids is 1. The van der Waals surface area contributed by atoms with Crippen LogP contribution >= 0.6 is 0 Å². The number of nitrogens with two attached hydrogens (primary N) is 1. The highest BCUT2D eigenvalue weighted by molar-refractivity contribution is 7.90. The molecule has 3 rings (SSSR count). The Morgan fingerprint density at radius 3 is 2.46 bits per heavy atom. The summed E-state index contributed by atoms with van der Waals surface area (Å²) in [6.45, 7) is 0. The number of aliphatic hydroxyl groups is 1. The lowest BCUT2D eigenvalue weighted by Gasteiger charge is -2.24. The number of nitrogens with zero attached hydrogens (tertiary/aromatic N) is 2. The molecule has 0 spiro atoms. The molecule has 1 atom stereocenters. The third-order valence-corrected chi connectivity index (χ3v) is 6.39. The molecule has 1 saturated carbocycles. The number of rotatable bonds is 7. The molecule has 1 aromatic carbocycles. The molecule has 28 heavy (non-hydrogen) atoms. The Hall–Kier alpha value is -2.19. The Labute approximate surface area is 165 Å². The van der Waals surface area contributed by atoms with Crippen LogP contribution in [0.2, 0.25) is 0 Å². The molecule has 2 aromatic rings. The summed E-state index contributed by atoms with van der Waals surface area (Å²) in [5.74, 6) is -0.456. The molecule has 1 fully saturated rings. The van der Waals surface area contributed by atoms with E-state index in [0.717, 1.165) is 36.9 Å². The molecule has 1 unspecified atom stereocenters. The number of aromatic nitrogens is 2. The average Bonchev–Trinajstić information content (AvgIpc) is 3.12. The summed E-state index contributed by atoms with van der Waals surface area (Å²) in [5.41, 5.74) is 7.39. The highest BCUT2D eigenvalue weighted by Gasteiger charge is 2.23. The number of carbonyl (C=O) groups is 1. The van der Waals surface area contributed by atoms with Crippen molar-refractivity contribution >= 4 is 15.7 Å². The van der Waals surface area contributed by atoms with Gasteiger partial charge in [0.2, 0.25) is 5.91 Å². The van der Waals surface area contributed by atoms with Gasteiger partial charge < -0.3 is 10.8 Å². The van der Waals surface area contributed by atoms with Gasteiger partial charge in [0.1, 0.15) is 0 Å². The summed E-state index contributed by atoms with van der Waals surface area (Å²) in [6.07, 6.45) is 6.16. The van der Waals surface area contributed by atoms with Crippen molar-refractivity contribution in [3.8, 4) is 11.3 Å². The minimum Gasteiger partial charge on any atom is -0.387 e. The molecule has 7 nitrogen and oxygen atoms in total. The second-order valence-electron chi connectivity index (χ2n) is 7.51. The molecule has 0 radical (unpaired) electrons. The van der Waals surface area contributed by atoms with Crippen molar-refractivity contribution in [3.63, 3.8) is 0 Å². The molecule has 0 aliphatic heterocycles. The third kappa shape index (κ3) is 4.80. The van der Waals surface area contributed by atoms with Crippen LogP contribution in [-0.2, 0) is 14.6 Å². The van der Waals surface area contributed by atoms with E-state index >= 15 is 0 Å². The van der Waals surface area contributed by atoms with E-state index in [-0.39, 0.29) is 23.8 Å². The number of benzene rings is 1. The monoisotopic (exact) mass is 405 g/mol. The first kappa shape index (κ1) is 20.5. The van der Waals surface area contributed by atoms with E-state index in [0.29, 0.717) is 5.69 Å². The predicted octanol–water partition coefficient (Wildman–Crippen LogP) is 2.76. The zero-order chi connectivity index (χ0) is 20.3. The molecular weight excluding hydrogens is 378 g/mol. The van der Waals surface area contributed by atoms with Crippen LogP contribution in [0.5, 0.6) is 0 Å². The highest BCUT2D eigenvalue weighted by Crippen LogP contribution is 2.34. The van der Waals surface area contributed by atoms with Gasteiger partial charge in [0.25, 0.3) is 0 Å². The molecular formula is C20H27N3O4S. The Balaban J connectivity index is 1.96. The lowest BCUT2D eigenvalue weighted by Crippen LogP contribution is -2.16. The zero-order valence-corrected chi connectivity index (χ0v) is 16.9. The van der Waals surface area contributed by atoms with E-state index in [9.17, 15) is 18.3 Å². The lowest BCUT2D eigenvalue weighted by molar-refractivity contribution is -0.118. The minimum atomic E-state index is -3.26. The normalized spacial score (nSPS) is 16.8. The van der Waals surface area contributed by atoms with Gasteiger partial charge in [-0.2, -0.15) is 5.10 Å². The van der Waals surface area contributed by atoms with Gasteiger partial charge >= 0.3 is 0 Å². The van der Waals surface area contributed by atoms with Gasteiger partial charge in [0.05, 0.1) is 28.4 Å². The summed E-state index contributed by atoms with van der Waals surface area (Å²) in [4.78, 5) is 11.3. The lowest BCUT2D eigenvalue weighted by atomic mass is 9.95. The average molecular weight is 406 g/mol. The SMILES string of the molecule is CS(=O)(=O)c1ccc(-c2cc(C(O)CCC(N)=O)nn2C2CCCCC2)cc1. The number of sulfone groups is 1. The fourth-order valence-electron chi connectivity index (χ4n) is 3.70. The van der Waals surface area contributed by atoms with E-state index in [1.807, 2.05) is 10.7 Å². The molecule has 1 aliphatic carbocycles. The van der Waals surface area contributed by atoms with Crippen molar-refractivity contribution in [2.75, 3.05) is 6.26 Å². The van der Waals surface area contributed by atoms with Crippen molar-refractivity contribution in [2.45, 2.75) is 62.0 Å². The molecule has 0 saturated heterocycles. The van der Waals surface area contributed by atoms with Crippen molar-refractivity contribution < 1.29 is 18.3 Å². The first-order valence-electron chi connectivity index (χ1n) is 9.62. The Bertz CT molecular complexity index is 929. The summed E-state index contributed by atoms with van der Waals surface area (Å²) < 4.78 is 25.4. The second kappa shape index (κ2) is 8.45. The smallest absolute Gasteiger partial charge is 0.217 e. The topological polar surface area (TPSA) is 115 Å². The van der Waals surface area contributed by atoms with Gasteiger partial charge in [0, 0.05) is 12.7 Å². The number of hydrogen-bond acceptors (Lipinski definition) is 5. The van der Waals surface area contributed by atoms with E-state index in [4.69, 9.17) is 5.73 Å². The summed E-state index contributed by atoms with van der Waals surface area (Å²) in [6, 6.07) is 8.79. The number of aliphatic hydroxyl groups excluding tert-OH is 1. The Morgan fingerprint density at radius 2 is 1.89 bits per heavy atom. The first-order valence-corrected chi connectivity index (χ1v) is 11.5. The van der Waals surface area contributed by atoms with Crippen LogP contribution in [0.15, 0.2) is 35.2 Å². The molecule has 1 aromatic heterocycles. The van der Waals surface area contributed by atoms with Gasteiger partial charge in [-0.25, -0.2) is 8.42 Å². The van der Waals surface area contributed by atoms with E-state index in [1.54, 1.807) is 24.3 Å². The number of hydrogen-bond donors (Lipinski definition) is 2. The van der Waals surface area contributed by atoms with Gasteiger partial charge in [-0.15, -0.1) is 0 Å². The van der Waals surface area contributed by atoms with Crippen LogP contribution in [0.25, 0.3) is 11.3 Å². The quantitative estimate of drug-likeness (QED) is 0.735. The van der Waals surface area contributed by atoms with Crippen LogP contribution in [-0.4, -0.2) is 35.5 Å². The number of amides is 1. The maximum absolute atomic E-state index is 11.7. The highest BCUT2D eigenvalue weighted by atomic mass is 32.2. The van der Waals surface area contributed by atoms with Gasteiger partial charge in [-0.1, -0.05) is 31.4 Å². The molecule has 0 bridgehead atoms. The largest absolute Gasteiger partial charge is 0.387 e. The summed E-state index contributed by atoms with van der Waals surface area (Å²) in [5, 5.41) is 15.1. The van der Waals surface area contributed by atoms with E-state index in [1.165, 1.54) is 12.7 Å². The summed E-state index contributed by atoms with van der Waals surface area (Å²) >= 11 is 0.